The zero-order chi connectivity index (χ0) is 16.3. The van der Waals surface area contributed by atoms with E-state index >= 15 is 0 Å². The van der Waals surface area contributed by atoms with Crippen LogP contribution in [0.15, 0.2) is 0 Å². The molecular formula is C16H34O4Si. The fraction of sp³-hybridized carbons (Fsp3) is 1.00. The standard InChI is InChI=1S/C16H34O4Si/c1-15(2,3)21(6,7)18-11-9-14-12-13(8-10-17)19-16(4,5)20-14/h13-14,17H,8-12H2,1-7H3/t13-,14+/m0/s1. The van der Waals surface area contributed by atoms with Gasteiger partial charge >= 0.3 is 0 Å². The van der Waals surface area contributed by atoms with E-state index in [1.807, 2.05) is 13.8 Å². The summed E-state index contributed by atoms with van der Waals surface area (Å²) in [6, 6.07) is 0. The molecule has 0 amide bonds. The molecule has 0 radical (unpaired) electrons. The number of hydrogen-bond acceptors (Lipinski definition) is 4. The molecule has 1 rings (SSSR count). The van der Waals surface area contributed by atoms with Crippen LogP contribution in [-0.2, 0) is 13.9 Å². The molecule has 1 aliphatic heterocycles. The van der Waals surface area contributed by atoms with E-state index in [0.29, 0.717) is 6.42 Å². The molecule has 4 nitrogen and oxygen atoms in total. The molecule has 0 bridgehead atoms. The Kier molecular flexibility index (Phi) is 6.45. The third kappa shape index (κ3) is 5.98. The van der Waals surface area contributed by atoms with Crippen LogP contribution in [0.4, 0.5) is 0 Å². The van der Waals surface area contributed by atoms with E-state index in [4.69, 9.17) is 19.0 Å². The van der Waals surface area contributed by atoms with Gasteiger partial charge in [-0.25, -0.2) is 0 Å². The van der Waals surface area contributed by atoms with Gasteiger partial charge in [0.2, 0.25) is 0 Å². The summed E-state index contributed by atoms with van der Waals surface area (Å²) in [6.45, 7) is 16.1. The predicted octanol–water partition coefficient (Wildman–Crippen LogP) is 3.69. The summed E-state index contributed by atoms with van der Waals surface area (Å²) < 4.78 is 18.0. The van der Waals surface area contributed by atoms with Gasteiger partial charge in [-0.15, -0.1) is 0 Å². The molecule has 0 aromatic heterocycles. The number of hydrogen-bond donors (Lipinski definition) is 1. The predicted molar refractivity (Wildman–Crippen MR) is 87.9 cm³/mol. The van der Waals surface area contributed by atoms with Crippen LogP contribution in [0.1, 0.15) is 53.9 Å². The van der Waals surface area contributed by atoms with Gasteiger partial charge in [-0.1, -0.05) is 20.8 Å². The topological polar surface area (TPSA) is 47.9 Å². The van der Waals surface area contributed by atoms with Crippen molar-refractivity contribution in [2.45, 2.75) is 90.0 Å². The van der Waals surface area contributed by atoms with Crippen molar-refractivity contribution in [3.63, 3.8) is 0 Å². The first-order valence-corrected chi connectivity index (χ1v) is 11.0. The summed E-state index contributed by atoms with van der Waals surface area (Å²) in [6.07, 6.45) is 2.63. The second kappa shape index (κ2) is 7.09. The molecule has 0 saturated carbocycles. The van der Waals surface area contributed by atoms with Crippen molar-refractivity contribution in [2.24, 2.45) is 0 Å². The minimum absolute atomic E-state index is 0.0802. The van der Waals surface area contributed by atoms with Gasteiger partial charge in [0, 0.05) is 19.6 Å². The lowest BCUT2D eigenvalue weighted by Gasteiger charge is -2.41. The Hall–Kier alpha value is 0.0569. The van der Waals surface area contributed by atoms with Crippen LogP contribution in [0, 0.1) is 0 Å². The molecule has 126 valence electrons. The van der Waals surface area contributed by atoms with Crippen molar-refractivity contribution in [3.05, 3.63) is 0 Å². The monoisotopic (exact) mass is 318 g/mol. The number of aliphatic hydroxyl groups excluding tert-OH is 1. The van der Waals surface area contributed by atoms with Crippen molar-refractivity contribution in [1.82, 2.24) is 0 Å². The SMILES string of the molecule is CC1(C)O[C@H](CCO[Si](C)(C)C(C)(C)C)C[C@H](CCO)O1. The molecule has 0 aromatic rings. The summed E-state index contributed by atoms with van der Waals surface area (Å²) in [5, 5.41) is 9.35. The third-order valence-corrected chi connectivity index (χ3v) is 9.12. The Balaban J connectivity index is 2.47. The Morgan fingerprint density at radius 2 is 1.67 bits per heavy atom. The Bertz CT molecular complexity index is 323. The van der Waals surface area contributed by atoms with Crippen LogP contribution in [0.5, 0.6) is 0 Å². The highest BCUT2D eigenvalue weighted by Crippen LogP contribution is 2.37. The smallest absolute Gasteiger partial charge is 0.191 e. The molecule has 0 aliphatic carbocycles. The Morgan fingerprint density at radius 3 is 2.14 bits per heavy atom. The minimum atomic E-state index is -1.68. The summed E-state index contributed by atoms with van der Waals surface area (Å²) >= 11 is 0. The molecule has 1 N–H and O–H groups in total. The second-order valence-corrected chi connectivity index (χ2v) is 12.8. The number of ether oxygens (including phenoxy) is 2. The number of rotatable bonds is 6. The van der Waals surface area contributed by atoms with Crippen LogP contribution >= 0.6 is 0 Å². The van der Waals surface area contributed by atoms with Gasteiger partial charge in [-0.05, 0) is 44.8 Å². The van der Waals surface area contributed by atoms with Gasteiger partial charge in [0.1, 0.15) is 0 Å². The first-order chi connectivity index (χ1) is 9.47. The van der Waals surface area contributed by atoms with E-state index in [9.17, 15) is 0 Å². The zero-order valence-corrected chi connectivity index (χ0v) is 15.9. The van der Waals surface area contributed by atoms with Crippen molar-refractivity contribution in [1.29, 1.82) is 0 Å². The fourth-order valence-corrected chi connectivity index (χ4v) is 3.44. The average molecular weight is 319 g/mol. The van der Waals surface area contributed by atoms with Gasteiger partial charge < -0.3 is 19.0 Å². The molecule has 21 heavy (non-hydrogen) atoms. The van der Waals surface area contributed by atoms with E-state index < -0.39 is 14.1 Å². The molecule has 1 fully saturated rings. The van der Waals surface area contributed by atoms with E-state index in [2.05, 4.69) is 33.9 Å². The van der Waals surface area contributed by atoms with Gasteiger partial charge in [0.15, 0.2) is 14.1 Å². The Morgan fingerprint density at radius 1 is 1.14 bits per heavy atom. The highest BCUT2D eigenvalue weighted by Gasteiger charge is 2.38. The van der Waals surface area contributed by atoms with Crippen molar-refractivity contribution in [3.8, 4) is 0 Å². The largest absolute Gasteiger partial charge is 0.417 e. The first-order valence-electron chi connectivity index (χ1n) is 8.07. The summed E-state index contributed by atoms with van der Waals surface area (Å²) in [5.74, 6) is -0.570. The van der Waals surface area contributed by atoms with Gasteiger partial charge in [0.05, 0.1) is 12.2 Å². The van der Waals surface area contributed by atoms with Crippen molar-refractivity contribution in [2.75, 3.05) is 13.2 Å². The maximum atomic E-state index is 9.11. The van der Waals surface area contributed by atoms with Crippen molar-refractivity contribution < 1.29 is 19.0 Å². The van der Waals surface area contributed by atoms with Gasteiger partial charge in [-0.2, -0.15) is 0 Å². The number of aliphatic hydroxyl groups is 1. The van der Waals surface area contributed by atoms with E-state index in [1.165, 1.54) is 0 Å². The molecule has 1 aliphatic rings. The van der Waals surface area contributed by atoms with E-state index in [-0.39, 0.29) is 23.9 Å². The maximum absolute atomic E-state index is 9.11. The zero-order valence-electron chi connectivity index (χ0n) is 14.9. The van der Waals surface area contributed by atoms with Crippen LogP contribution < -0.4 is 0 Å². The second-order valence-electron chi connectivity index (χ2n) is 8.02. The van der Waals surface area contributed by atoms with E-state index in [1.54, 1.807) is 0 Å². The molecule has 0 spiro atoms. The summed E-state index contributed by atoms with van der Waals surface area (Å²) in [7, 11) is -1.68. The Labute approximate surface area is 131 Å². The quantitative estimate of drug-likeness (QED) is 0.759. The lowest BCUT2D eigenvalue weighted by Crippen LogP contribution is -2.46. The lowest BCUT2D eigenvalue weighted by molar-refractivity contribution is -0.302. The van der Waals surface area contributed by atoms with E-state index in [0.717, 1.165) is 19.4 Å². The molecule has 1 saturated heterocycles. The van der Waals surface area contributed by atoms with Crippen LogP contribution in [0.3, 0.4) is 0 Å². The van der Waals surface area contributed by atoms with Crippen LogP contribution in [-0.4, -0.2) is 44.6 Å². The molecule has 2 atom stereocenters. The molecule has 1 heterocycles. The molecular weight excluding hydrogens is 284 g/mol. The van der Waals surface area contributed by atoms with Crippen LogP contribution in [0.25, 0.3) is 0 Å². The van der Waals surface area contributed by atoms with Gasteiger partial charge in [-0.3, -0.25) is 0 Å². The summed E-state index contributed by atoms with van der Waals surface area (Å²) in [4.78, 5) is 0. The minimum Gasteiger partial charge on any atom is -0.417 e. The fourth-order valence-electron chi connectivity index (χ4n) is 2.38. The first kappa shape index (κ1) is 19.1. The average Bonchev–Trinajstić information content (AvgIpc) is 2.25. The lowest BCUT2D eigenvalue weighted by atomic mass is 10.0. The molecule has 0 aromatic carbocycles. The maximum Gasteiger partial charge on any atom is 0.191 e. The molecule has 0 unspecified atom stereocenters. The third-order valence-electron chi connectivity index (χ3n) is 4.59. The highest BCUT2D eigenvalue weighted by atomic mass is 28.4. The highest BCUT2D eigenvalue weighted by molar-refractivity contribution is 6.74. The van der Waals surface area contributed by atoms with Gasteiger partial charge in [0.25, 0.3) is 0 Å². The van der Waals surface area contributed by atoms with Crippen LogP contribution in [0.2, 0.25) is 18.1 Å². The summed E-state index contributed by atoms with van der Waals surface area (Å²) in [5.41, 5.74) is 0. The molecule has 5 heteroatoms. The normalized spacial score (nSPS) is 26.9. The van der Waals surface area contributed by atoms with Crippen molar-refractivity contribution >= 4 is 8.32 Å².